The van der Waals surface area contributed by atoms with Crippen LogP contribution in [0.25, 0.3) is 6.08 Å². The Morgan fingerprint density at radius 2 is 1.13 bits per heavy atom. The molecular formula is C29H42O2. The lowest BCUT2D eigenvalue weighted by molar-refractivity contribution is -0.112. The molecule has 170 valence electrons. The predicted octanol–water partition coefficient (Wildman–Crippen LogP) is 7.90. The number of hydrogen-bond acceptors (Lipinski definition) is 2. The number of phenolic OH excluding ortho intramolecular Hbond substituents is 1. The molecule has 0 saturated heterocycles. The van der Waals surface area contributed by atoms with Crippen LogP contribution in [0, 0.1) is 10.8 Å². The zero-order valence-corrected chi connectivity index (χ0v) is 21.7. The zero-order valence-electron chi connectivity index (χ0n) is 21.7. The minimum absolute atomic E-state index is 0.0572. The molecule has 0 saturated carbocycles. The van der Waals surface area contributed by atoms with Crippen LogP contribution in [0.1, 0.15) is 99.8 Å². The summed E-state index contributed by atoms with van der Waals surface area (Å²) in [5.41, 5.74) is 4.77. The van der Waals surface area contributed by atoms with E-state index in [0.717, 1.165) is 27.8 Å². The highest BCUT2D eigenvalue weighted by Gasteiger charge is 2.32. The summed E-state index contributed by atoms with van der Waals surface area (Å²) < 4.78 is 0. The van der Waals surface area contributed by atoms with Gasteiger partial charge in [0.2, 0.25) is 0 Å². The molecule has 0 spiro atoms. The summed E-state index contributed by atoms with van der Waals surface area (Å²) in [6, 6.07) is 4.06. The van der Waals surface area contributed by atoms with Crippen LogP contribution >= 0.6 is 0 Å². The summed E-state index contributed by atoms with van der Waals surface area (Å²) in [5.74, 6) is 0.446. The average molecular weight is 423 g/mol. The second kappa shape index (κ2) is 7.80. The third-order valence-corrected chi connectivity index (χ3v) is 5.86. The maximum absolute atomic E-state index is 13.4. The first-order chi connectivity index (χ1) is 13.7. The van der Waals surface area contributed by atoms with Gasteiger partial charge in [0, 0.05) is 22.3 Å². The number of benzene rings is 1. The number of hydrogen-bond donors (Lipinski definition) is 1. The molecule has 0 atom stereocenters. The Hall–Kier alpha value is -2.09. The minimum Gasteiger partial charge on any atom is -0.507 e. The van der Waals surface area contributed by atoms with Gasteiger partial charge in [-0.05, 0) is 57.1 Å². The molecule has 0 fully saturated rings. The summed E-state index contributed by atoms with van der Waals surface area (Å²) >= 11 is 0. The number of Topliss-reactive ketones (excluding diaryl/α,β-unsaturated/α-hetero) is 1. The highest BCUT2D eigenvalue weighted by Crippen LogP contribution is 2.42. The Bertz CT molecular complexity index is 935. The Morgan fingerprint density at radius 3 is 1.48 bits per heavy atom. The van der Waals surface area contributed by atoms with Gasteiger partial charge in [0.25, 0.3) is 0 Å². The van der Waals surface area contributed by atoms with Gasteiger partial charge in [-0.25, -0.2) is 0 Å². The Morgan fingerprint density at radius 1 is 0.677 bits per heavy atom. The highest BCUT2D eigenvalue weighted by atomic mass is 16.3. The molecule has 1 aliphatic rings. The third kappa shape index (κ3) is 5.59. The zero-order chi connectivity index (χ0) is 24.2. The van der Waals surface area contributed by atoms with Gasteiger partial charge in [0.15, 0.2) is 5.78 Å². The van der Waals surface area contributed by atoms with Crippen molar-refractivity contribution < 1.29 is 9.90 Å². The van der Waals surface area contributed by atoms with Crippen molar-refractivity contribution >= 4 is 11.9 Å². The van der Waals surface area contributed by atoms with Gasteiger partial charge >= 0.3 is 0 Å². The summed E-state index contributed by atoms with van der Waals surface area (Å²) in [5, 5.41) is 11.0. The summed E-state index contributed by atoms with van der Waals surface area (Å²) in [6.45, 7) is 25.5. The van der Waals surface area contributed by atoms with Crippen molar-refractivity contribution in [3.63, 3.8) is 0 Å². The van der Waals surface area contributed by atoms with Crippen molar-refractivity contribution in [3.8, 4) is 5.75 Å². The van der Waals surface area contributed by atoms with Gasteiger partial charge in [0.1, 0.15) is 5.75 Å². The molecule has 0 heterocycles. The largest absolute Gasteiger partial charge is 0.507 e. The average Bonchev–Trinajstić information content (AvgIpc) is 2.53. The van der Waals surface area contributed by atoms with E-state index >= 15 is 0 Å². The maximum Gasteiger partial charge on any atom is 0.189 e. The molecule has 2 nitrogen and oxygen atoms in total. The van der Waals surface area contributed by atoms with Gasteiger partial charge < -0.3 is 5.11 Å². The first-order valence-corrected chi connectivity index (χ1v) is 11.3. The number of aromatic hydroxyl groups is 1. The van der Waals surface area contributed by atoms with Crippen LogP contribution in [0.3, 0.4) is 0 Å². The van der Waals surface area contributed by atoms with Gasteiger partial charge in [-0.3, -0.25) is 4.79 Å². The number of phenols is 1. The highest BCUT2D eigenvalue weighted by molar-refractivity contribution is 6.15. The molecule has 1 aromatic carbocycles. The number of allylic oxidation sites excluding steroid dienone is 5. The van der Waals surface area contributed by atoms with Crippen LogP contribution < -0.4 is 0 Å². The van der Waals surface area contributed by atoms with Crippen molar-refractivity contribution in [2.45, 2.75) is 93.9 Å². The van der Waals surface area contributed by atoms with E-state index in [0.29, 0.717) is 11.3 Å². The normalized spacial score (nSPS) is 17.7. The molecule has 0 aromatic heterocycles. The molecule has 2 rings (SSSR count). The van der Waals surface area contributed by atoms with Crippen LogP contribution in [-0.4, -0.2) is 10.9 Å². The number of carbonyl (C=O) groups excluding carboxylic acids is 1. The van der Waals surface area contributed by atoms with Crippen molar-refractivity contribution in [2.24, 2.45) is 10.8 Å². The van der Waals surface area contributed by atoms with E-state index in [1.165, 1.54) is 0 Å². The standard InChI is InChI=1S/C29H42O2/c1-26(2,3)20-16-19(24(30)23(17-20)29(10,11)12)13-18-14-21(27(4,5)6)25(31)22(15-18)28(7,8)9/h13-17,31H,1-12H3. The maximum atomic E-state index is 13.4. The predicted molar refractivity (Wildman–Crippen MR) is 134 cm³/mol. The molecule has 0 bridgehead atoms. The lowest BCUT2D eigenvalue weighted by Gasteiger charge is -2.31. The van der Waals surface area contributed by atoms with Crippen LogP contribution in [0.5, 0.6) is 5.75 Å². The number of ketones is 1. The van der Waals surface area contributed by atoms with E-state index in [9.17, 15) is 9.90 Å². The first kappa shape index (κ1) is 25.2. The quantitative estimate of drug-likeness (QED) is 0.467. The monoisotopic (exact) mass is 422 g/mol. The van der Waals surface area contributed by atoms with E-state index in [1.807, 2.05) is 24.3 Å². The smallest absolute Gasteiger partial charge is 0.189 e. The van der Waals surface area contributed by atoms with E-state index in [2.05, 4.69) is 89.2 Å². The number of rotatable bonds is 1. The van der Waals surface area contributed by atoms with Crippen LogP contribution in [-0.2, 0) is 15.6 Å². The fourth-order valence-corrected chi connectivity index (χ4v) is 3.81. The fourth-order valence-electron chi connectivity index (χ4n) is 3.81. The van der Waals surface area contributed by atoms with Crippen LogP contribution in [0.4, 0.5) is 0 Å². The molecule has 1 N–H and O–H groups in total. The molecule has 1 aromatic rings. The van der Waals surface area contributed by atoms with Crippen molar-refractivity contribution in [1.82, 2.24) is 0 Å². The molecule has 31 heavy (non-hydrogen) atoms. The molecule has 1 aliphatic carbocycles. The molecule has 0 radical (unpaired) electrons. The number of carbonyl (C=O) groups is 1. The molecule has 0 aliphatic heterocycles. The fraction of sp³-hybridized carbons (Fsp3) is 0.552. The lowest BCUT2D eigenvalue weighted by Crippen LogP contribution is -2.24. The molecule has 0 unspecified atom stereocenters. The molecule has 2 heteroatoms. The second-order valence-corrected chi connectivity index (χ2v) is 13.1. The van der Waals surface area contributed by atoms with Gasteiger partial charge in [0.05, 0.1) is 0 Å². The second-order valence-electron chi connectivity index (χ2n) is 13.1. The van der Waals surface area contributed by atoms with Gasteiger partial charge in [-0.2, -0.15) is 0 Å². The Balaban J connectivity index is 2.79. The van der Waals surface area contributed by atoms with Crippen molar-refractivity contribution in [1.29, 1.82) is 0 Å². The lowest BCUT2D eigenvalue weighted by atomic mass is 9.73. The Kier molecular flexibility index (Phi) is 6.33. The van der Waals surface area contributed by atoms with Gasteiger partial charge in [-0.15, -0.1) is 0 Å². The molecular weight excluding hydrogens is 380 g/mol. The third-order valence-electron chi connectivity index (χ3n) is 5.86. The van der Waals surface area contributed by atoms with E-state index < -0.39 is 0 Å². The summed E-state index contributed by atoms with van der Waals surface area (Å²) in [7, 11) is 0. The van der Waals surface area contributed by atoms with E-state index in [4.69, 9.17) is 0 Å². The van der Waals surface area contributed by atoms with Crippen LogP contribution in [0.15, 0.2) is 41.0 Å². The van der Waals surface area contributed by atoms with Gasteiger partial charge in [-0.1, -0.05) is 89.2 Å². The molecule has 0 amide bonds. The minimum atomic E-state index is -0.233. The first-order valence-electron chi connectivity index (χ1n) is 11.3. The summed E-state index contributed by atoms with van der Waals surface area (Å²) in [4.78, 5) is 13.4. The van der Waals surface area contributed by atoms with Crippen molar-refractivity contribution in [3.05, 3.63) is 57.7 Å². The SMILES string of the molecule is CC(C)(C)C1=CC(=Cc2cc(C(C)(C)C)c(O)c(C(C)(C)C)c2)C(=O)C(C(C)(C)C)=C1. The van der Waals surface area contributed by atoms with Crippen molar-refractivity contribution in [2.75, 3.05) is 0 Å². The summed E-state index contributed by atoms with van der Waals surface area (Å²) in [6.07, 6.45) is 6.12. The topological polar surface area (TPSA) is 37.3 Å². The van der Waals surface area contributed by atoms with E-state index in [1.54, 1.807) is 0 Å². The van der Waals surface area contributed by atoms with Crippen LogP contribution in [0.2, 0.25) is 0 Å². The van der Waals surface area contributed by atoms with E-state index in [-0.39, 0.29) is 27.4 Å². The Labute approximate surface area is 190 Å².